The van der Waals surface area contributed by atoms with E-state index < -0.39 is 0 Å². The highest BCUT2D eigenvalue weighted by atomic mass is 16.5. The first-order valence-corrected chi connectivity index (χ1v) is 7.11. The van der Waals surface area contributed by atoms with Crippen LogP contribution in [-0.2, 0) is 14.3 Å². The van der Waals surface area contributed by atoms with Crippen LogP contribution in [0.3, 0.4) is 0 Å². The van der Waals surface area contributed by atoms with Crippen molar-refractivity contribution >= 4 is 17.5 Å². The van der Waals surface area contributed by atoms with E-state index in [1.165, 1.54) is 0 Å². The van der Waals surface area contributed by atoms with Crippen molar-refractivity contribution in [3.8, 4) is 0 Å². The molecule has 114 valence electrons. The topological polar surface area (TPSA) is 70.7 Å². The van der Waals surface area contributed by atoms with Crippen molar-refractivity contribution in [3.63, 3.8) is 0 Å². The van der Waals surface area contributed by atoms with Crippen molar-refractivity contribution < 1.29 is 14.3 Å². The van der Waals surface area contributed by atoms with Gasteiger partial charge in [-0.3, -0.25) is 14.9 Å². The van der Waals surface area contributed by atoms with E-state index in [0.29, 0.717) is 26.3 Å². The van der Waals surface area contributed by atoms with E-state index in [1.54, 1.807) is 11.8 Å². The Morgan fingerprint density at radius 3 is 2.57 bits per heavy atom. The lowest BCUT2D eigenvalue weighted by Gasteiger charge is -2.29. The Morgan fingerprint density at radius 1 is 1.24 bits per heavy atom. The van der Waals surface area contributed by atoms with Gasteiger partial charge in [0.25, 0.3) is 0 Å². The van der Waals surface area contributed by atoms with Gasteiger partial charge in [-0.05, 0) is 19.1 Å². The predicted octanol–water partition coefficient (Wildman–Crippen LogP) is 0.462. The van der Waals surface area contributed by atoms with Gasteiger partial charge in [-0.2, -0.15) is 0 Å². The lowest BCUT2D eigenvalue weighted by molar-refractivity contribution is -0.137. The van der Waals surface area contributed by atoms with Gasteiger partial charge in [-0.15, -0.1) is 0 Å². The molecule has 1 aromatic carbocycles. The molecule has 6 heteroatoms. The molecule has 1 aliphatic heterocycles. The van der Waals surface area contributed by atoms with Gasteiger partial charge in [-0.25, -0.2) is 0 Å². The molecule has 0 radical (unpaired) electrons. The fraction of sp³-hybridized carbons (Fsp3) is 0.467. The molecule has 1 fully saturated rings. The summed E-state index contributed by atoms with van der Waals surface area (Å²) in [6.07, 6.45) is 0. The van der Waals surface area contributed by atoms with E-state index in [9.17, 15) is 9.59 Å². The van der Waals surface area contributed by atoms with Gasteiger partial charge in [0.2, 0.25) is 11.8 Å². The quantitative estimate of drug-likeness (QED) is 0.827. The maximum Gasteiger partial charge on any atom is 0.239 e. The van der Waals surface area contributed by atoms with Crippen LogP contribution >= 0.6 is 0 Å². The van der Waals surface area contributed by atoms with Crippen LogP contribution in [0.25, 0.3) is 0 Å². The van der Waals surface area contributed by atoms with Gasteiger partial charge in [0.15, 0.2) is 0 Å². The molecule has 0 spiro atoms. The molecular formula is C15H21N3O3. The summed E-state index contributed by atoms with van der Waals surface area (Å²) in [5, 5.41) is 5.73. The number of carbonyl (C=O) groups excluding carboxylic acids is 2. The van der Waals surface area contributed by atoms with E-state index in [4.69, 9.17) is 4.74 Å². The minimum atomic E-state index is -0.385. The molecule has 0 saturated carbocycles. The van der Waals surface area contributed by atoms with Crippen LogP contribution in [0.4, 0.5) is 5.69 Å². The minimum absolute atomic E-state index is 0.00538. The molecule has 2 N–H and O–H groups in total. The lowest BCUT2D eigenvalue weighted by atomic mass is 10.2. The van der Waals surface area contributed by atoms with Gasteiger partial charge in [0, 0.05) is 18.8 Å². The molecular weight excluding hydrogens is 270 g/mol. The van der Waals surface area contributed by atoms with Crippen molar-refractivity contribution in [2.75, 3.05) is 38.2 Å². The SMILES string of the molecule is CC(NCC(=O)Nc1ccccc1)C(=O)N1CCOCC1. The van der Waals surface area contributed by atoms with E-state index in [0.717, 1.165) is 5.69 Å². The molecule has 0 aliphatic carbocycles. The van der Waals surface area contributed by atoms with Gasteiger partial charge in [-0.1, -0.05) is 18.2 Å². The van der Waals surface area contributed by atoms with Gasteiger partial charge < -0.3 is 15.0 Å². The smallest absolute Gasteiger partial charge is 0.239 e. The van der Waals surface area contributed by atoms with Crippen LogP contribution in [0.1, 0.15) is 6.92 Å². The Hall–Kier alpha value is -1.92. The number of carbonyl (C=O) groups is 2. The standard InChI is InChI=1S/C15H21N3O3/c1-12(15(20)18-7-9-21-10-8-18)16-11-14(19)17-13-5-3-2-4-6-13/h2-6,12,16H,7-11H2,1H3,(H,17,19). The van der Waals surface area contributed by atoms with Crippen molar-refractivity contribution in [1.82, 2.24) is 10.2 Å². The molecule has 1 saturated heterocycles. The highest BCUT2D eigenvalue weighted by molar-refractivity contribution is 5.92. The van der Waals surface area contributed by atoms with Crippen LogP contribution in [0.15, 0.2) is 30.3 Å². The second-order valence-electron chi connectivity index (χ2n) is 4.95. The Kier molecular flexibility index (Phi) is 5.71. The van der Waals surface area contributed by atoms with Crippen LogP contribution < -0.4 is 10.6 Å². The normalized spacial score (nSPS) is 16.3. The Labute approximate surface area is 124 Å². The first kappa shape index (κ1) is 15.5. The molecule has 2 amide bonds. The predicted molar refractivity (Wildman–Crippen MR) is 79.9 cm³/mol. The summed E-state index contributed by atoms with van der Waals surface area (Å²) in [5.74, 6) is -0.159. The van der Waals surface area contributed by atoms with Crippen LogP contribution in [0, 0.1) is 0 Å². The van der Waals surface area contributed by atoms with Crippen LogP contribution in [0.2, 0.25) is 0 Å². The first-order valence-electron chi connectivity index (χ1n) is 7.11. The van der Waals surface area contributed by atoms with E-state index >= 15 is 0 Å². The maximum absolute atomic E-state index is 12.1. The van der Waals surface area contributed by atoms with Gasteiger partial charge >= 0.3 is 0 Å². The summed E-state index contributed by atoms with van der Waals surface area (Å²) in [7, 11) is 0. The number of ether oxygens (including phenoxy) is 1. The van der Waals surface area contributed by atoms with Gasteiger partial charge in [0.1, 0.15) is 0 Å². The number of para-hydroxylation sites is 1. The molecule has 21 heavy (non-hydrogen) atoms. The third-order valence-electron chi connectivity index (χ3n) is 3.32. The molecule has 1 heterocycles. The number of hydrogen-bond acceptors (Lipinski definition) is 4. The van der Waals surface area contributed by atoms with E-state index in [-0.39, 0.29) is 24.4 Å². The van der Waals surface area contributed by atoms with Crippen LogP contribution in [-0.4, -0.2) is 55.6 Å². The highest BCUT2D eigenvalue weighted by Crippen LogP contribution is 2.04. The zero-order valence-corrected chi connectivity index (χ0v) is 12.2. The molecule has 1 aliphatic rings. The molecule has 0 bridgehead atoms. The summed E-state index contributed by atoms with van der Waals surface area (Å²) in [5.41, 5.74) is 0.747. The molecule has 0 aromatic heterocycles. The second kappa shape index (κ2) is 7.75. The largest absolute Gasteiger partial charge is 0.378 e. The first-order chi connectivity index (χ1) is 10.2. The molecule has 1 aromatic rings. The molecule has 2 rings (SSSR count). The minimum Gasteiger partial charge on any atom is -0.378 e. The third-order valence-corrected chi connectivity index (χ3v) is 3.32. The number of nitrogens with zero attached hydrogens (tertiary/aromatic N) is 1. The Balaban J connectivity index is 1.74. The average molecular weight is 291 g/mol. The molecule has 1 unspecified atom stereocenters. The summed E-state index contributed by atoms with van der Waals surface area (Å²) in [6.45, 7) is 4.25. The highest BCUT2D eigenvalue weighted by Gasteiger charge is 2.22. The summed E-state index contributed by atoms with van der Waals surface area (Å²) < 4.78 is 5.22. The third kappa shape index (κ3) is 4.84. The maximum atomic E-state index is 12.1. The van der Waals surface area contributed by atoms with Crippen molar-refractivity contribution in [3.05, 3.63) is 30.3 Å². The van der Waals surface area contributed by atoms with Crippen LogP contribution in [0.5, 0.6) is 0 Å². The lowest BCUT2D eigenvalue weighted by Crippen LogP contribution is -2.50. The van der Waals surface area contributed by atoms with E-state index in [1.807, 2.05) is 30.3 Å². The van der Waals surface area contributed by atoms with Crippen molar-refractivity contribution in [1.29, 1.82) is 0 Å². The zero-order chi connectivity index (χ0) is 15.1. The number of hydrogen-bond donors (Lipinski definition) is 2. The number of morpholine rings is 1. The zero-order valence-electron chi connectivity index (χ0n) is 12.2. The van der Waals surface area contributed by atoms with E-state index in [2.05, 4.69) is 10.6 Å². The fourth-order valence-electron chi connectivity index (χ4n) is 2.12. The summed E-state index contributed by atoms with van der Waals surface area (Å²) >= 11 is 0. The number of rotatable bonds is 5. The number of amides is 2. The fourth-order valence-corrected chi connectivity index (χ4v) is 2.12. The number of anilines is 1. The Bertz CT molecular complexity index is 472. The molecule has 6 nitrogen and oxygen atoms in total. The second-order valence-corrected chi connectivity index (χ2v) is 4.95. The van der Waals surface area contributed by atoms with Gasteiger partial charge in [0.05, 0.1) is 25.8 Å². The van der Waals surface area contributed by atoms with Crippen molar-refractivity contribution in [2.45, 2.75) is 13.0 Å². The number of nitrogens with one attached hydrogen (secondary N) is 2. The summed E-state index contributed by atoms with van der Waals surface area (Å²) in [4.78, 5) is 25.7. The number of benzene rings is 1. The summed E-state index contributed by atoms with van der Waals surface area (Å²) in [6, 6.07) is 8.85. The molecule has 1 atom stereocenters. The van der Waals surface area contributed by atoms with Crippen molar-refractivity contribution in [2.24, 2.45) is 0 Å². The monoisotopic (exact) mass is 291 g/mol. The average Bonchev–Trinajstić information content (AvgIpc) is 2.53. The Morgan fingerprint density at radius 2 is 1.90 bits per heavy atom.